The summed E-state index contributed by atoms with van der Waals surface area (Å²) in [6, 6.07) is 2.03. The molecule has 2 aromatic rings. The minimum atomic E-state index is -0.336. The lowest BCUT2D eigenvalue weighted by Crippen LogP contribution is -2.40. The third kappa shape index (κ3) is 1.63. The molecule has 0 aliphatic heterocycles. The van der Waals surface area contributed by atoms with E-state index in [0.717, 1.165) is 16.6 Å². The van der Waals surface area contributed by atoms with Gasteiger partial charge in [-0.25, -0.2) is 0 Å². The van der Waals surface area contributed by atoms with Crippen LogP contribution in [0.5, 0.6) is 0 Å². The Labute approximate surface area is 107 Å². The van der Waals surface area contributed by atoms with Gasteiger partial charge in [-0.05, 0) is 31.7 Å². The van der Waals surface area contributed by atoms with Crippen LogP contribution in [0.4, 0.5) is 0 Å². The molecule has 1 saturated carbocycles. The number of aromatic nitrogens is 3. The standard InChI is InChI=1S/C14H20N4/c1-14(15,10-5-3-4-6-10)13-11-7-8-16-9-12(11)18(2)17-13/h7-10H,3-6,15H2,1-2H3. The predicted molar refractivity (Wildman–Crippen MR) is 72.0 cm³/mol. The molecule has 2 aromatic heterocycles. The normalized spacial score (nSPS) is 20.4. The zero-order valence-corrected chi connectivity index (χ0v) is 11.1. The third-order valence-corrected chi connectivity index (χ3v) is 4.37. The summed E-state index contributed by atoms with van der Waals surface area (Å²) in [5.41, 5.74) is 8.37. The first kappa shape index (κ1) is 11.7. The fraction of sp³-hybridized carbons (Fsp3) is 0.571. The number of aryl methyl sites for hydroxylation is 1. The van der Waals surface area contributed by atoms with E-state index in [9.17, 15) is 0 Å². The second-order valence-corrected chi connectivity index (χ2v) is 5.63. The molecular weight excluding hydrogens is 224 g/mol. The maximum absolute atomic E-state index is 6.63. The molecule has 1 fully saturated rings. The quantitative estimate of drug-likeness (QED) is 0.882. The summed E-state index contributed by atoms with van der Waals surface area (Å²) in [5, 5.41) is 5.80. The third-order valence-electron chi connectivity index (χ3n) is 4.37. The number of nitrogens with two attached hydrogens (primary N) is 1. The Morgan fingerprint density at radius 2 is 2.11 bits per heavy atom. The Morgan fingerprint density at radius 3 is 2.83 bits per heavy atom. The summed E-state index contributed by atoms with van der Waals surface area (Å²) in [5.74, 6) is 0.545. The molecule has 2 heterocycles. The van der Waals surface area contributed by atoms with E-state index in [1.807, 2.05) is 30.2 Å². The molecule has 96 valence electrons. The highest BCUT2D eigenvalue weighted by molar-refractivity contribution is 5.81. The molecule has 4 nitrogen and oxygen atoms in total. The second-order valence-electron chi connectivity index (χ2n) is 5.63. The molecule has 0 radical (unpaired) electrons. The lowest BCUT2D eigenvalue weighted by molar-refractivity contribution is 0.299. The van der Waals surface area contributed by atoms with Crippen LogP contribution in [0, 0.1) is 5.92 Å². The Kier molecular flexibility index (Phi) is 2.63. The molecule has 1 unspecified atom stereocenters. The predicted octanol–water partition coefficient (Wildman–Crippen LogP) is 2.33. The Hall–Kier alpha value is -1.42. The first-order valence-corrected chi connectivity index (χ1v) is 6.67. The van der Waals surface area contributed by atoms with E-state index in [1.165, 1.54) is 25.7 Å². The van der Waals surface area contributed by atoms with Gasteiger partial charge in [-0.15, -0.1) is 0 Å². The van der Waals surface area contributed by atoms with Gasteiger partial charge in [0.2, 0.25) is 0 Å². The zero-order valence-electron chi connectivity index (χ0n) is 11.1. The van der Waals surface area contributed by atoms with Crippen LogP contribution in [0.2, 0.25) is 0 Å². The summed E-state index contributed by atoms with van der Waals surface area (Å²) < 4.78 is 1.89. The highest BCUT2D eigenvalue weighted by Gasteiger charge is 2.37. The van der Waals surface area contributed by atoms with Crippen molar-refractivity contribution in [2.45, 2.75) is 38.1 Å². The summed E-state index contributed by atoms with van der Waals surface area (Å²) in [4.78, 5) is 4.16. The van der Waals surface area contributed by atoms with Crippen LogP contribution < -0.4 is 5.73 Å². The van der Waals surface area contributed by atoms with Gasteiger partial charge in [0.15, 0.2) is 0 Å². The highest BCUT2D eigenvalue weighted by Crippen LogP contribution is 2.40. The average molecular weight is 244 g/mol. The lowest BCUT2D eigenvalue weighted by Gasteiger charge is -2.30. The van der Waals surface area contributed by atoms with Gasteiger partial charge < -0.3 is 5.73 Å². The van der Waals surface area contributed by atoms with E-state index in [-0.39, 0.29) is 5.54 Å². The van der Waals surface area contributed by atoms with Gasteiger partial charge in [-0.2, -0.15) is 5.10 Å². The van der Waals surface area contributed by atoms with E-state index in [2.05, 4.69) is 17.0 Å². The number of hydrogen-bond acceptors (Lipinski definition) is 3. The number of rotatable bonds is 2. The van der Waals surface area contributed by atoms with Crippen LogP contribution in [-0.4, -0.2) is 14.8 Å². The van der Waals surface area contributed by atoms with Crippen molar-refractivity contribution in [1.29, 1.82) is 0 Å². The Balaban J connectivity index is 2.13. The van der Waals surface area contributed by atoms with Crippen molar-refractivity contribution in [3.8, 4) is 0 Å². The van der Waals surface area contributed by atoms with Crippen LogP contribution in [0.15, 0.2) is 18.5 Å². The Bertz CT molecular complexity index is 564. The van der Waals surface area contributed by atoms with Crippen LogP contribution in [0.3, 0.4) is 0 Å². The molecule has 1 aliphatic carbocycles. The lowest BCUT2D eigenvalue weighted by atomic mass is 9.81. The second kappa shape index (κ2) is 4.05. The van der Waals surface area contributed by atoms with Gasteiger partial charge in [-0.3, -0.25) is 9.67 Å². The number of nitrogens with zero attached hydrogens (tertiary/aromatic N) is 3. The van der Waals surface area contributed by atoms with E-state index >= 15 is 0 Å². The van der Waals surface area contributed by atoms with Crippen molar-refractivity contribution in [2.75, 3.05) is 0 Å². The summed E-state index contributed by atoms with van der Waals surface area (Å²) >= 11 is 0. The van der Waals surface area contributed by atoms with Crippen molar-refractivity contribution >= 4 is 10.9 Å². The zero-order chi connectivity index (χ0) is 12.8. The van der Waals surface area contributed by atoms with E-state index in [1.54, 1.807) is 0 Å². The minimum absolute atomic E-state index is 0.336. The van der Waals surface area contributed by atoms with Crippen molar-refractivity contribution in [3.05, 3.63) is 24.2 Å². The maximum atomic E-state index is 6.63. The molecule has 4 heteroatoms. The van der Waals surface area contributed by atoms with Gasteiger partial charge in [0.1, 0.15) is 0 Å². The van der Waals surface area contributed by atoms with Gasteiger partial charge >= 0.3 is 0 Å². The average Bonchev–Trinajstić information content (AvgIpc) is 2.98. The molecular formula is C14H20N4. The molecule has 3 rings (SSSR count). The largest absolute Gasteiger partial charge is 0.320 e. The van der Waals surface area contributed by atoms with Gasteiger partial charge in [0.25, 0.3) is 0 Å². The van der Waals surface area contributed by atoms with Crippen LogP contribution in [0.25, 0.3) is 10.9 Å². The highest BCUT2D eigenvalue weighted by atomic mass is 15.3. The molecule has 0 amide bonds. The molecule has 0 aromatic carbocycles. The fourth-order valence-corrected chi connectivity index (χ4v) is 3.22. The van der Waals surface area contributed by atoms with E-state index in [4.69, 9.17) is 5.73 Å². The van der Waals surface area contributed by atoms with Crippen molar-refractivity contribution in [2.24, 2.45) is 18.7 Å². The topological polar surface area (TPSA) is 56.7 Å². The molecule has 1 aliphatic rings. The smallest absolute Gasteiger partial charge is 0.0902 e. The molecule has 2 N–H and O–H groups in total. The Morgan fingerprint density at radius 1 is 1.39 bits per heavy atom. The molecule has 0 bridgehead atoms. The van der Waals surface area contributed by atoms with Crippen LogP contribution >= 0.6 is 0 Å². The first-order valence-electron chi connectivity index (χ1n) is 6.67. The van der Waals surface area contributed by atoms with Crippen LogP contribution in [0.1, 0.15) is 38.3 Å². The van der Waals surface area contributed by atoms with Crippen molar-refractivity contribution < 1.29 is 0 Å². The van der Waals surface area contributed by atoms with Crippen molar-refractivity contribution in [3.63, 3.8) is 0 Å². The number of hydrogen-bond donors (Lipinski definition) is 1. The van der Waals surface area contributed by atoms with Gasteiger partial charge in [0.05, 0.1) is 22.9 Å². The molecule has 1 atom stereocenters. The minimum Gasteiger partial charge on any atom is -0.320 e. The van der Waals surface area contributed by atoms with E-state index < -0.39 is 0 Å². The van der Waals surface area contributed by atoms with Crippen LogP contribution in [-0.2, 0) is 12.6 Å². The number of pyridine rings is 1. The fourth-order valence-electron chi connectivity index (χ4n) is 3.22. The molecule has 18 heavy (non-hydrogen) atoms. The van der Waals surface area contributed by atoms with E-state index in [0.29, 0.717) is 5.92 Å². The summed E-state index contributed by atoms with van der Waals surface area (Å²) in [6.45, 7) is 2.13. The SMILES string of the molecule is Cn1nc(C(C)(N)C2CCCC2)c2ccncc21. The molecule has 0 spiro atoms. The summed E-state index contributed by atoms with van der Waals surface area (Å²) in [7, 11) is 1.96. The van der Waals surface area contributed by atoms with Crippen molar-refractivity contribution in [1.82, 2.24) is 14.8 Å². The summed E-state index contributed by atoms with van der Waals surface area (Å²) in [6.07, 6.45) is 8.70. The maximum Gasteiger partial charge on any atom is 0.0902 e. The van der Waals surface area contributed by atoms with Gasteiger partial charge in [-0.1, -0.05) is 12.8 Å². The molecule has 0 saturated heterocycles. The van der Waals surface area contributed by atoms with Gasteiger partial charge in [0, 0.05) is 18.6 Å². The monoisotopic (exact) mass is 244 g/mol. The first-order chi connectivity index (χ1) is 8.60. The number of fused-ring (bicyclic) bond motifs is 1.